The van der Waals surface area contributed by atoms with Gasteiger partial charge in [-0.3, -0.25) is 4.79 Å². The molecule has 0 saturated carbocycles. The van der Waals surface area contributed by atoms with Gasteiger partial charge in [0.1, 0.15) is 11.9 Å². The van der Waals surface area contributed by atoms with Crippen molar-refractivity contribution in [1.82, 2.24) is 26.2 Å². The molecule has 1 aliphatic heterocycles. The molecule has 2 rings (SSSR count). The Morgan fingerprint density at radius 3 is 2.57 bits per heavy atom. The van der Waals surface area contributed by atoms with Crippen molar-refractivity contribution in [2.75, 3.05) is 39.3 Å². The first-order chi connectivity index (χ1) is 13.6. The summed E-state index contributed by atoms with van der Waals surface area (Å²) in [6, 6.07) is 4.97. The highest BCUT2D eigenvalue weighted by Crippen LogP contribution is 2.02. The van der Waals surface area contributed by atoms with Crippen LogP contribution in [0.2, 0.25) is 0 Å². The summed E-state index contributed by atoms with van der Waals surface area (Å²) in [5, 5.41) is 11.7. The molecular weight excluding hydrogens is 361 g/mol. The molecule has 0 spiro atoms. The number of piperazine rings is 1. The van der Waals surface area contributed by atoms with Gasteiger partial charge < -0.3 is 26.2 Å². The van der Waals surface area contributed by atoms with E-state index in [0.717, 1.165) is 51.1 Å². The topological polar surface area (TPSA) is 85.5 Å². The predicted octanol–water partition coefficient (Wildman–Crippen LogP) is 1.21. The Kier molecular flexibility index (Phi) is 9.71. The van der Waals surface area contributed by atoms with Crippen LogP contribution in [-0.2, 0) is 11.3 Å². The molecule has 3 amide bonds. The third-order valence-corrected chi connectivity index (χ3v) is 4.73. The van der Waals surface area contributed by atoms with E-state index in [1.165, 1.54) is 12.1 Å². The molecule has 156 valence electrons. The van der Waals surface area contributed by atoms with Crippen molar-refractivity contribution in [1.29, 1.82) is 0 Å². The van der Waals surface area contributed by atoms with Gasteiger partial charge >= 0.3 is 6.03 Å². The van der Waals surface area contributed by atoms with E-state index >= 15 is 0 Å². The van der Waals surface area contributed by atoms with Crippen LogP contribution < -0.4 is 21.3 Å². The smallest absolute Gasteiger partial charge is 0.315 e. The quantitative estimate of drug-likeness (QED) is 0.450. The summed E-state index contributed by atoms with van der Waals surface area (Å²) in [5.74, 6) is -0.469. The highest BCUT2D eigenvalue weighted by atomic mass is 19.1. The lowest BCUT2D eigenvalue weighted by Crippen LogP contribution is -2.50. The Balaban J connectivity index is 1.68. The lowest BCUT2D eigenvalue weighted by molar-refractivity contribution is -0.123. The minimum atomic E-state index is -0.558. The van der Waals surface area contributed by atoms with Crippen LogP contribution >= 0.6 is 0 Å². The van der Waals surface area contributed by atoms with Crippen LogP contribution in [0.4, 0.5) is 9.18 Å². The summed E-state index contributed by atoms with van der Waals surface area (Å²) in [4.78, 5) is 26.9. The lowest BCUT2D eigenvalue weighted by atomic mass is 10.1. The average Bonchev–Trinajstić information content (AvgIpc) is 2.71. The van der Waals surface area contributed by atoms with Gasteiger partial charge in [0.2, 0.25) is 5.91 Å². The molecule has 0 bridgehead atoms. The predicted molar refractivity (Wildman–Crippen MR) is 107 cm³/mol. The molecule has 4 N–H and O–H groups in total. The number of benzene rings is 1. The molecule has 1 aromatic rings. The fourth-order valence-electron chi connectivity index (χ4n) is 3.12. The van der Waals surface area contributed by atoms with Gasteiger partial charge in [0.05, 0.1) is 0 Å². The van der Waals surface area contributed by atoms with Gasteiger partial charge in [0, 0.05) is 39.3 Å². The Morgan fingerprint density at radius 1 is 1.18 bits per heavy atom. The largest absolute Gasteiger partial charge is 0.354 e. The van der Waals surface area contributed by atoms with E-state index in [-0.39, 0.29) is 18.3 Å². The van der Waals surface area contributed by atoms with Crippen molar-refractivity contribution in [2.45, 2.75) is 38.8 Å². The van der Waals surface area contributed by atoms with E-state index in [1.807, 2.05) is 6.92 Å². The van der Waals surface area contributed by atoms with Crippen molar-refractivity contribution in [2.24, 2.45) is 0 Å². The van der Waals surface area contributed by atoms with E-state index in [0.29, 0.717) is 13.0 Å². The van der Waals surface area contributed by atoms with E-state index in [2.05, 4.69) is 26.2 Å². The fraction of sp³-hybridized carbons (Fsp3) is 0.600. The first-order valence-electron chi connectivity index (χ1n) is 10.1. The minimum absolute atomic E-state index is 0.154. The SMILES string of the molecule is CCCC(NC(=O)NCc1ccc(F)cc1)C(=O)NCCCN1CCNCC1. The second-order valence-electron chi connectivity index (χ2n) is 7.03. The molecule has 1 aromatic carbocycles. The zero-order chi connectivity index (χ0) is 20.2. The van der Waals surface area contributed by atoms with Crippen LogP contribution in [0.5, 0.6) is 0 Å². The summed E-state index contributed by atoms with van der Waals surface area (Å²) in [6.45, 7) is 7.93. The molecule has 28 heavy (non-hydrogen) atoms. The lowest BCUT2D eigenvalue weighted by Gasteiger charge is -2.27. The van der Waals surface area contributed by atoms with E-state index in [4.69, 9.17) is 0 Å². The maximum Gasteiger partial charge on any atom is 0.315 e. The number of nitrogens with zero attached hydrogens (tertiary/aromatic N) is 1. The summed E-state index contributed by atoms with van der Waals surface area (Å²) in [5.41, 5.74) is 0.793. The van der Waals surface area contributed by atoms with Crippen molar-refractivity contribution in [3.63, 3.8) is 0 Å². The standard InChI is InChI=1S/C20H32FN5O2/c1-2-4-18(19(27)23-9-3-12-26-13-10-22-11-14-26)25-20(28)24-15-16-5-7-17(21)8-6-16/h5-8,18,22H,2-4,9-15H2,1H3,(H,23,27)(H2,24,25,28). The van der Waals surface area contributed by atoms with Gasteiger partial charge in [0.25, 0.3) is 0 Å². The number of hydrogen-bond acceptors (Lipinski definition) is 4. The molecule has 7 nitrogen and oxygen atoms in total. The number of urea groups is 1. The van der Waals surface area contributed by atoms with Gasteiger partial charge in [-0.05, 0) is 37.1 Å². The third kappa shape index (κ3) is 8.22. The first kappa shape index (κ1) is 22.1. The molecule has 1 saturated heterocycles. The second kappa shape index (κ2) is 12.3. The van der Waals surface area contributed by atoms with E-state index in [1.54, 1.807) is 12.1 Å². The first-order valence-corrected chi connectivity index (χ1v) is 10.1. The summed E-state index contributed by atoms with van der Waals surface area (Å²) >= 11 is 0. The van der Waals surface area contributed by atoms with Gasteiger partial charge in [0.15, 0.2) is 0 Å². The van der Waals surface area contributed by atoms with Crippen molar-refractivity contribution < 1.29 is 14.0 Å². The normalized spacial score (nSPS) is 15.6. The summed E-state index contributed by atoms with van der Waals surface area (Å²) in [6.07, 6.45) is 2.26. The van der Waals surface area contributed by atoms with Crippen LogP contribution in [0.25, 0.3) is 0 Å². The zero-order valence-corrected chi connectivity index (χ0v) is 16.6. The number of amides is 3. The van der Waals surface area contributed by atoms with Gasteiger partial charge in [-0.2, -0.15) is 0 Å². The van der Waals surface area contributed by atoms with Crippen LogP contribution in [0.3, 0.4) is 0 Å². The van der Waals surface area contributed by atoms with Gasteiger partial charge in [-0.1, -0.05) is 25.5 Å². The van der Waals surface area contributed by atoms with Crippen LogP contribution in [0.1, 0.15) is 31.7 Å². The molecule has 1 atom stereocenters. The molecule has 0 radical (unpaired) electrons. The fourth-order valence-corrected chi connectivity index (χ4v) is 3.12. The number of nitrogens with one attached hydrogen (secondary N) is 4. The average molecular weight is 394 g/mol. The molecular formula is C20H32FN5O2. The monoisotopic (exact) mass is 393 g/mol. The molecule has 8 heteroatoms. The van der Waals surface area contributed by atoms with Crippen molar-refractivity contribution >= 4 is 11.9 Å². The Morgan fingerprint density at radius 2 is 1.89 bits per heavy atom. The minimum Gasteiger partial charge on any atom is -0.354 e. The second-order valence-corrected chi connectivity index (χ2v) is 7.03. The summed E-state index contributed by atoms with van der Waals surface area (Å²) in [7, 11) is 0. The van der Waals surface area contributed by atoms with Gasteiger partial charge in [-0.25, -0.2) is 9.18 Å². The number of carbonyl (C=O) groups excluding carboxylic acids is 2. The van der Waals surface area contributed by atoms with Crippen LogP contribution in [-0.4, -0.2) is 62.1 Å². The molecule has 1 fully saturated rings. The van der Waals surface area contributed by atoms with Crippen LogP contribution in [0, 0.1) is 5.82 Å². The Hall–Kier alpha value is -2.19. The Labute approximate surface area is 166 Å². The molecule has 1 aliphatic rings. The zero-order valence-electron chi connectivity index (χ0n) is 16.6. The number of carbonyl (C=O) groups is 2. The van der Waals surface area contributed by atoms with E-state index in [9.17, 15) is 14.0 Å². The maximum absolute atomic E-state index is 12.9. The van der Waals surface area contributed by atoms with Crippen LogP contribution in [0.15, 0.2) is 24.3 Å². The number of halogens is 1. The molecule has 1 unspecified atom stereocenters. The molecule has 1 heterocycles. The van der Waals surface area contributed by atoms with Gasteiger partial charge in [-0.15, -0.1) is 0 Å². The highest BCUT2D eigenvalue weighted by molar-refractivity contribution is 5.86. The van der Waals surface area contributed by atoms with E-state index < -0.39 is 12.1 Å². The highest BCUT2D eigenvalue weighted by Gasteiger charge is 2.19. The van der Waals surface area contributed by atoms with Crippen molar-refractivity contribution in [3.05, 3.63) is 35.6 Å². The Bertz CT molecular complexity index is 605. The third-order valence-electron chi connectivity index (χ3n) is 4.73. The van der Waals surface area contributed by atoms with Crippen molar-refractivity contribution in [3.8, 4) is 0 Å². The molecule has 0 aromatic heterocycles. The number of rotatable bonds is 10. The number of hydrogen-bond donors (Lipinski definition) is 4. The molecule has 0 aliphatic carbocycles. The summed E-state index contributed by atoms with van der Waals surface area (Å²) < 4.78 is 12.9. The maximum atomic E-state index is 12.9.